The van der Waals surface area contributed by atoms with Gasteiger partial charge in [-0.3, -0.25) is 0 Å². The van der Waals surface area contributed by atoms with E-state index in [1.54, 1.807) is 0 Å². The number of para-hydroxylation sites is 2. The molecule has 0 radical (unpaired) electrons. The zero-order valence-corrected chi connectivity index (χ0v) is 18.7. The molecule has 0 fully saturated rings. The standard InChI is InChI=1S/C16H14N2O7.2Na/c19-13(15(21)22)9-5-1-3-7-11(9)17-18(25)12-8-4-2-6-10(12)14(20)16(23)24;;/h1-8,13-14,19-20H,(H2-,17,21,22,23,24,25);;/q;2*+1/p-1. The van der Waals surface area contributed by atoms with Crippen LogP contribution in [0.25, 0.3) is 0 Å². The molecule has 3 N–H and O–H groups in total. The summed E-state index contributed by atoms with van der Waals surface area (Å²) in [6.07, 6.45) is -4.00. The minimum absolute atomic E-state index is 0. The van der Waals surface area contributed by atoms with E-state index in [9.17, 15) is 34.9 Å². The molecule has 11 heteroatoms. The Morgan fingerprint density at radius 1 is 0.852 bits per heavy atom. The molecule has 0 amide bonds. The van der Waals surface area contributed by atoms with E-state index in [1.165, 1.54) is 48.5 Å². The molecule has 0 saturated heterocycles. The number of anilines is 1. The third-order valence-corrected chi connectivity index (χ3v) is 3.37. The van der Waals surface area contributed by atoms with Gasteiger partial charge in [0.05, 0.1) is 22.4 Å². The number of hydrogen-bond donors (Lipinski definition) is 3. The minimum atomic E-state index is -2.03. The number of carbonyl (C=O) groups is 2. The number of rotatable bonds is 7. The molecule has 2 unspecified atom stereocenters. The molecule has 0 aliphatic carbocycles. The van der Waals surface area contributed by atoms with Crippen LogP contribution in [0.3, 0.4) is 0 Å². The van der Waals surface area contributed by atoms with Crippen LogP contribution in [0.1, 0.15) is 23.3 Å². The SMILES string of the molecule is O=C([O-])C(O)c1ccccc1N[N+](=O)c1ccccc1C(O)C(=O)[O-].[Na+].[Na+]. The number of aliphatic hydroxyl groups excluding tert-OH is 2. The van der Waals surface area contributed by atoms with Crippen molar-refractivity contribution in [3.05, 3.63) is 64.6 Å². The number of carbonyl (C=O) groups excluding carboxylic acids is 2. The van der Waals surface area contributed by atoms with E-state index in [0.717, 1.165) is 0 Å². The summed E-state index contributed by atoms with van der Waals surface area (Å²) in [5, 5.41) is 40.9. The molecule has 0 bridgehead atoms. The van der Waals surface area contributed by atoms with Crippen LogP contribution in [0.15, 0.2) is 48.5 Å². The minimum Gasteiger partial charge on any atom is -0.547 e. The number of carboxylic acids is 2. The molecular formula is C16H13N2Na2O7+. The zero-order chi connectivity index (χ0) is 18.6. The van der Waals surface area contributed by atoms with Gasteiger partial charge in [-0.2, -0.15) is 0 Å². The van der Waals surface area contributed by atoms with E-state index in [2.05, 4.69) is 5.43 Å². The van der Waals surface area contributed by atoms with Gasteiger partial charge in [-0.25, -0.2) is 0 Å². The summed E-state index contributed by atoms with van der Waals surface area (Å²) in [5.74, 6) is -3.53. The fourth-order valence-corrected chi connectivity index (χ4v) is 2.16. The molecule has 2 aromatic carbocycles. The average molecular weight is 391 g/mol. The first-order valence-electron chi connectivity index (χ1n) is 7.02. The van der Waals surface area contributed by atoms with Crippen LogP contribution in [0.2, 0.25) is 0 Å². The summed E-state index contributed by atoms with van der Waals surface area (Å²) < 4.78 is 0. The molecule has 0 saturated carbocycles. The maximum Gasteiger partial charge on any atom is 1.00 e. The summed E-state index contributed by atoms with van der Waals surface area (Å²) in [6.45, 7) is 0. The van der Waals surface area contributed by atoms with Crippen LogP contribution in [-0.2, 0) is 9.59 Å². The molecule has 0 aromatic heterocycles. The van der Waals surface area contributed by atoms with Crippen molar-refractivity contribution in [3.8, 4) is 0 Å². The first-order valence-corrected chi connectivity index (χ1v) is 7.02. The molecule has 130 valence electrons. The average Bonchev–Trinajstić information content (AvgIpc) is 2.60. The Morgan fingerprint density at radius 2 is 1.30 bits per heavy atom. The van der Waals surface area contributed by atoms with Crippen molar-refractivity contribution in [3.63, 3.8) is 0 Å². The van der Waals surface area contributed by atoms with Crippen molar-refractivity contribution in [1.29, 1.82) is 0 Å². The van der Waals surface area contributed by atoms with Crippen LogP contribution < -0.4 is 74.8 Å². The van der Waals surface area contributed by atoms with E-state index in [4.69, 9.17) is 0 Å². The molecule has 27 heavy (non-hydrogen) atoms. The van der Waals surface area contributed by atoms with Crippen molar-refractivity contribution in [2.24, 2.45) is 0 Å². The number of hydrazine groups is 1. The first-order chi connectivity index (χ1) is 11.8. The zero-order valence-electron chi connectivity index (χ0n) is 14.7. The van der Waals surface area contributed by atoms with Gasteiger partial charge in [0.25, 0.3) is 5.69 Å². The van der Waals surface area contributed by atoms with Gasteiger partial charge in [0.1, 0.15) is 17.9 Å². The van der Waals surface area contributed by atoms with Crippen molar-refractivity contribution in [2.75, 3.05) is 5.43 Å². The predicted molar refractivity (Wildman–Crippen MR) is 79.7 cm³/mol. The molecule has 9 nitrogen and oxygen atoms in total. The van der Waals surface area contributed by atoms with Gasteiger partial charge >= 0.3 is 59.1 Å². The van der Waals surface area contributed by atoms with Gasteiger partial charge in [-0.05, 0) is 12.1 Å². The number of aliphatic carboxylic acids is 2. The number of aliphatic hydroxyl groups is 2. The molecular weight excluding hydrogens is 378 g/mol. The summed E-state index contributed by atoms with van der Waals surface area (Å²) in [4.78, 5) is 34.2. The van der Waals surface area contributed by atoms with E-state index in [-0.39, 0.29) is 86.5 Å². The summed E-state index contributed by atoms with van der Waals surface area (Å²) in [5.41, 5.74) is 1.70. The molecule has 0 spiro atoms. The Morgan fingerprint density at radius 3 is 1.85 bits per heavy atom. The summed E-state index contributed by atoms with van der Waals surface area (Å²) in [6, 6.07) is 10.9. The maximum atomic E-state index is 12.3. The largest absolute Gasteiger partial charge is 1.00 e. The van der Waals surface area contributed by atoms with Crippen molar-refractivity contribution >= 4 is 23.3 Å². The monoisotopic (exact) mass is 391 g/mol. The Balaban J connectivity index is 0.00000338. The maximum absolute atomic E-state index is 12.3. The molecule has 2 atom stereocenters. The smallest absolute Gasteiger partial charge is 0.547 e. The van der Waals surface area contributed by atoms with Crippen molar-refractivity contribution in [1.82, 2.24) is 0 Å². The third-order valence-electron chi connectivity index (χ3n) is 3.37. The van der Waals surface area contributed by atoms with Gasteiger partial charge < -0.3 is 30.0 Å². The van der Waals surface area contributed by atoms with Gasteiger partial charge in [0.15, 0.2) is 4.87 Å². The number of nitrogens with one attached hydrogen (secondary N) is 1. The fraction of sp³-hybridized carbons (Fsp3) is 0.125. The Hall–Kier alpha value is -1.30. The Kier molecular flexibility index (Phi) is 11.0. The molecule has 0 aliphatic heterocycles. The second kappa shape index (κ2) is 11.5. The van der Waals surface area contributed by atoms with Gasteiger partial charge in [0, 0.05) is 11.6 Å². The van der Waals surface area contributed by atoms with Gasteiger partial charge in [0.2, 0.25) is 0 Å². The van der Waals surface area contributed by atoms with E-state index < -0.39 is 24.1 Å². The van der Waals surface area contributed by atoms with E-state index in [0.29, 0.717) is 0 Å². The first kappa shape index (κ1) is 25.7. The normalized spacial score (nSPS) is 11.9. The van der Waals surface area contributed by atoms with Crippen LogP contribution in [0.4, 0.5) is 11.4 Å². The molecule has 0 heterocycles. The van der Waals surface area contributed by atoms with Gasteiger partial charge in [-0.15, -0.1) is 5.43 Å². The third kappa shape index (κ3) is 6.37. The second-order valence-electron chi connectivity index (χ2n) is 5.00. The Bertz CT molecular complexity index is 832. The fourth-order valence-electron chi connectivity index (χ4n) is 2.16. The second-order valence-corrected chi connectivity index (χ2v) is 5.00. The van der Waals surface area contributed by atoms with E-state index in [1.807, 2.05) is 0 Å². The van der Waals surface area contributed by atoms with E-state index >= 15 is 0 Å². The van der Waals surface area contributed by atoms with Crippen LogP contribution in [0.5, 0.6) is 0 Å². The van der Waals surface area contributed by atoms with Crippen LogP contribution in [0, 0.1) is 4.91 Å². The quantitative estimate of drug-likeness (QED) is 0.239. The number of hydrogen-bond acceptors (Lipinski definition) is 7. The van der Waals surface area contributed by atoms with Crippen LogP contribution in [-0.4, -0.2) is 27.0 Å². The summed E-state index contributed by atoms with van der Waals surface area (Å²) >= 11 is 0. The van der Waals surface area contributed by atoms with Crippen LogP contribution >= 0.6 is 0 Å². The topological polar surface area (TPSA) is 153 Å². The number of nitroso groups, excluding NO2 is 1. The number of benzene rings is 2. The Labute approximate surface area is 198 Å². The number of nitrogens with zero attached hydrogens (tertiary/aromatic N) is 1. The molecule has 0 aliphatic rings. The van der Waals surface area contributed by atoms with Crippen molar-refractivity contribution in [2.45, 2.75) is 12.2 Å². The van der Waals surface area contributed by atoms with Gasteiger partial charge in [-0.1, -0.05) is 30.3 Å². The number of carboxylic acid groups (broad SMARTS) is 2. The predicted octanol–water partition coefficient (Wildman–Crippen LogP) is -7.30. The molecule has 2 rings (SSSR count). The van der Waals surface area contributed by atoms with Crippen molar-refractivity contribution < 1.29 is 94.0 Å². The summed E-state index contributed by atoms with van der Waals surface area (Å²) in [7, 11) is 0. The molecule has 2 aromatic rings.